The van der Waals surface area contributed by atoms with E-state index in [1.165, 1.54) is 18.5 Å². The van der Waals surface area contributed by atoms with Crippen molar-refractivity contribution >= 4 is 17.3 Å². The first-order valence-corrected chi connectivity index (χ1v) is 9.73. The minimum atomic E-state index is -0.355. The van der Waals surface area contributed by atoms with Gasteiger partial charge >= 0.3 is 0 Å². The van der Waals surface area contributed by atoms with Gasteiger partial charge in [0.1, 0.15) is 17.8 Å². The number of carbonyl (C=O) groups excluding carboxylic acids is 1. The summed E-state index contributed by atoms with van der Waals surface area (Å²) in [6, 6.07) is 6.02. The minimum absolute atomic E-state index is 0.0909. The first-order valence-electron chi connectivity index (χ1n) is 9.73. The number of halogens is 1. The molecule has 2 aromatic heterocycles. The maximum Gasteiger partial charge on any atom is 0.228 e. The van der Waals surface area contributed by atoms with Crippen molar-refractivity contribution in [2.75, 3.05) is 23.3 Å². The lowest BCUT2D eigenvalue weighted by molar-refractivity contribution is -0.115. The van der Waals surface area contributed by atoms with Crippen LogP contribution >= 0.6 is 0 Å². The minimum Gasteiger partial charge on any atom is -0.367 e. The molecule has 1 fully saturated rings. The number of rotatable bonds is 5. The zero-order chi connectivity index (χ0) is 20.2. The highest BCUT2D eigenvalue weighted by Crippen LogP contribution is 2.26. The number of hydrogen-bond donors (Lipinski definition) is 1. The maximum atomic E-state index is 13.3. The largest absolute Gasteiger partial charge is 0.367 e. The molecule has 7 nitrogen and oxygen atoms in total. The van der Waals surface area contributed by atoms with Crippen LogP contribution in [0.25, 0.3) is 5.82 Å². The summed E-state index contributed by atoms with van der Waals surface area (Å²) in [6.45, 7) is 4.19. The molecule has 4 rings (SSSR count). The quantitative estimate of drug-likeness (QED) is 0.719. The topological polar surface area (TPSA) is 75.9 Å². The van der Waals surface area contributed by atoms with Crippen molar-refractivity contribution in [2.24, 2.45) is 5.92 Å². The first kappa shape index (κ1) is 19.0. The van der Waals surface area contributed by atoms with E-state index in [0.29, 0.717) is 17.1 Å². The molecule has 3 heterocycles. The van der Waals surface area contributed by atoms with Crippen LogP contribution in [0.15, 0.2) is 49.2 Å². The molecule has 1 N–H and O–H groups in total. The number of nitrogens with zero attached hydrogens (tertiary/aromatic N) is 5. The van der Waals surface area contributed by atoms with Crippen LogP contribution in [-0.4, -0.2) is 38.7 Å². The van der Waals surface area contributed by atoms with Gasteiger partial charge in [-0.1, -0.05) is 19.1 Å². The third kappa shape index (κ3) is 4.59. The fourth-order valence-corrected chi connectivity index (χ4v) is 3.51. The van der Waals surface area contributed by atoms with Crippen LogP contribution in [0.1, 0.15) is 25.3 Å². The Morgan fingerprint density at radius 1 is 1.28 bits per heavy atom. The van der Waals surface area contributed by atoms with Gasteiger partial charge in [0.05, 0.1) is 30.7 Å². The van der Waals surface area contributed by atoms with Gasteiger partial charge in [-0.05, 0) is 36.5 Å². The summed E-state index contributed by atoms with van der Waals surface area (Å²) in [4.78, 5) is 23.1. The molecule has 0 unspecified atom stereocenters. The monoisotopic (exact) mass is 394 g/mol. The van der Waals surface area contributed by atoms with E-state index < -0.39 is 0 Å². The summed E-state index contributed by atoms with van der Waals surface area (Å²) in [5.41, 5.74) is 2.11. The predicted octanol–water partition coefficient (Wildman–Crippen LogP) is 3.22. The van der Waals surface area contributed by atoms with Gasteiger partial charge in [-0.15, -0.1) is 0 Å². The molecule has 1 aliphatic rings. The zero-order valence-electron chi connectivity index (χ0n) is 16.3. The molecule has 0 atom stereocenters. The molecule has 1 saturated heterocycles. The average Bonchev–Trinajstić information content (AvgIpc) is 3.17. The molecule has 0 radical (unpaired) electrons. The van der Waals surface area contributed by atoms with E-state index >= 15 is 0 Å². The van der Waals surface area contributed by atoms with Crippen molar-refractivity contribution in [3.05, 3.63) is 60.6 Å². The molecule has 1 aromatic carbocycles. The van der Waals surface area contributed by atoms with E-state index in [4.69, 9.17) is 0 Å². The van der Waals surface area contributed by atoms with E-state index in [2.05, 4.69) is 32.2 Å². The fraction of sp³-hybridized carbons (Fsp3) is 0.333. The number of piperidine rings is 1. The van der Waals surface area contributed by atoms with E-state index in [9.17, 15) is 9.18 Å². The Morgan fingerprint density at radius 2 is 2.10 bits per heavy atom. The van der Waals surface area contributed by atoms with E-state index in [0.717, 1.165) is 37.5 Å². The molecule has 150 valence electrons. The van der Waals surface area contributed by atoms with Crippen LogP contribution in [-0.2, 0) is 11.2 Å². The molecular formula is C21H23FN6O. The van der Waals surface area contributed by atoms with Gasteiger partial charge < -0.3 is 10.2 Å². The van der Waals surface area contributed by atoms with E-state index in [1.54, 1.807) is 29.2 Å². The summed E-state index contributed by atoms with van der Waals surface area (Å²) in [5, 5.41) is 7.16. The van der Waals surface area contributed by atoms with Crippen LogP contribution in [0.3, 0.4) is 0 Å². The highest BCUT2D eigenvalue weighted by atomic mass is 19.1. The van der Waals surface area contributed by atoms with Crippen molar-refractivity contribution in [2.45, 2.75) is 26.2 Å². The third-order valence-corrected chi connectivity index (χ3v) is 5.13. The number of carbonyl (C=O) groups is 1. The summed E-state index contributed by atoms with van der Waals surface area (Å²) >= 11 is 0. The Labute approximate surface area is 168 Å². The van der Waals surface area contributed by atoms with Crippen molar-refractivity contribution in [1.29, 1.82) is 0 Å². The highest BCUT2D eigenvalue weighted by molar-refractivity contribution is 5.92. The van der Waals surface area contributed by atoms with Crippen LogP contribution in [0.4, 0.5) is 15.8 Å². The SMILES string of the molecule is CC1CCN(c2cncnc2-n2cc(NC(=O)Cc3cccc(F)c3)cn2)CC1. The molecule has 0 bridgehead atoms. The standard InChI is InChI=1S/C21H23FN6O/c1-15-5-7-27(8-6-15)19-12-23-14-24-21(19)28-13-18(11-25-28)26-20(29)10-16-3-2-4-17(22)9-16/h2-4,9,11-15H,5-8,10H2,1H3,(H,26,29). The van der Waals surface area contributed by atoms with Crippen LogP contribution in [0.2, 0.25) is 0 Å². The van der Waals surface area contributed by atoms with Gasteiger partial charge in [0, 0.05) is 13.1 Å². The fourth-order valence-electron chi connectivity index (χ4n) is 3.51. The van der Waals surface area contributed by atoms with Gasteiger partial charge in [0.2, 0.25) is 5.91 Å². The summed E-state index contributed by atoms with van der Waals surface area (Å²) in [5.74, 6) is 0.818. The highest BCUT2D eigenvalue weighted by Gasteiger charge is 2.20. The second-order valence-corrected chi connectivity index (χ2v) is 7.43. The smallest absolute Gasteiger partial charge is 0.228 e. The molecule has 29 heavy (non-hydrogen) atoms. The number of benzene rings is 1. The lowest BCUT2D eigenvalue weighted by atomic mass is 9.99. The second-order valence-electron chi connectivity index (χ2n) is 7.43. The van der Waals surface area contributed by atoms with E-state index in [1.807, 2.05) is 6.20 Å². The lowest BCUT2D eigenvalue weighted by Gasteiger charge is -2.32. The summed E-state index contributed by atoms with van der Waals surface area (Å²) in [7, 11) is 0. The molecule has 1 amide bonds. The van der Waals surface area contributed by atoms with Crippen LogP contribution in [0.5, 0.6) is 0 Å². The molecule has 0 spiro atoms. The Kier molecular flexibility index (Phi) is 5.50. The molecule has 0 saturated carbocycles. The van der Waals surface area contributed by atoms with Gasteiger partial charge in [0.25, 0.3) is 0 Å². The number of hydrogen-bond acceptors (Lipinski definition) is 5. The Bertz CT molecular complexity index is 996. The molecule has 0 aliphatic carbocycles. The van der Waals surface area contributed by atoms with E-state index in [-0.39, 0.29) is 18.1 Å². The van der Waals surface area contributed by atoms with Crippen LogP contribution < -0.4 is 10.2 Å². The van der Waals surface area contributed by atoms with Gasteiger partial charge in [-0.3, -0.25) is 4.79 Å². The Morgan fingerprint density at radius 3 is 2.90 bits per heavy atom. The van der Waals surface area contributed by atoms with Crippen LogP contribution in [0, 0.1) is 11.7 Å². The number of amides is 1. The van der Waals surface area contributed by atoms with Crippen molar-refractivity contribution < 1.29 is 9.18 Å². The van der Waals surface area contributed by atoms with Gasteiger partial charge in [0.15, 0.2) is 5.82 Å². The first-order chi connectivity index (χ1) is 14.1. The number of anilines is 2. The third-order valence-electron chi connectivity index (χ3n) is 5.13. The Hall–Kier alpha value is -3.29. The zero-order valence-corrected chi connectivity index (χ0v) is 16.3. The molecule has 1 aliphatic heterocycles. The number of aromatic nitrogens is 4. The summed E-state index contributed by atoms with van der Waals surface area (Å²) in [6.07, 6.45) is 8.96. The molecular weight excluding hydrogens is 371 g/mol. The normalized spacial score (nSPS) is 14.8. The summed E-state index contributed by atoms with van der Waals surface area (Å²) < 4.78 is 14.9. The van der Waals surface area contributed by atoms with Crippen molar-refractivity contribution in [1.82, 2.24) is 19.7 Å². The predicted molar refractivity (Wildman–Crippen MR) is 108 cm³/mol. The van der Waals surface area contributed by atoms with Gasteiger partial charge in [-0.2, -0.15) is 5.10 Å². The molecule has 3 aromatic rings. The van der Waals surface area contributed by atoms with Crippen molar-refractivity contribution in [3.63, 3.8) is 0 Å². The maximum absolute atomic E-state index is 13.3. The number of nitrogens with one attached hydrogen (secondary N) is 1. The van der Waals surface area contributed by atoms with Crippen molar-refractivity contribution in [3.8, 4) is 5.82 Å². The second kappa shape index (κ2) is 8.38. The average molecular weight is 394 g/mol. The lowest BCUT2D eigenvalue weighted by Crippen LogP contribution is -2.33. The molecule has 8 heteroatoms. The Balaban J connectivity index is 1.47. The van der Waals surface area contributed by atoms with Gasteiger partial charge in [-0.25, -0.2) is 19.0 Å².